The standard InChI is InChI=1S/C14H13NO2/c1-9-7-13(10(2)16)14(17-9)12-5-3-11(8-15)4-6-12/h3-6,13-14H,1,7H2,2H3/t13-,14?/m1/s1. The minimum atomic E-state index is -0.257. The summed E-state index contributed by atoms with van der Waals surface area (Å²) in [6.45, 7) is 5.34. The Morgan fingerprint density at radius 1 is 1.47 bits per heavy atom. The summed E-state index contributed by atoms with van der Waals surface area (Å²) >= 11 is 0. The monoisotopic (exact) mass is 227 g/mol. The molecule has 17 heavy (non-hydrogen) atoms. The van der Waals surface area contributed by atoms with Gasteiger partial charge in [0, 0.05) is 6.42 Å². The number of rotatable bonds is 2. The normalized spacial score (nSPS) is 22.9. The average molecular weight is 227 g/mol. The van der Waals surface area contributed by atoms with Crippen LogP contribution in [0.5, 0.6) is 0 Å². The largest absolute Gasteiger partial charge is 0.490 e. The molecular weight excluding hydrogens is 214 g/mol. The van der Waals surface area contributed by atoms with Gasteiger partial charge in [-0.2, -0.15) is 5.26 Å². The smallest absolute Gasteiger partial charge is 0.137 e. The molecule has 0 aromatic heterocycles. The second-order valence-corrected chi connectivity index (χ2v) is 4.23. The van der Waals surface area contributed by atoms with E-state index in [1.165, 1.54) is 0 Å². The van der Waals surface area contributed by atoms with Crippen molar-refractivity contribution in [2.45, 2.75) is 19.4 Å². The summed E-state index contributed by atoms with van der Waals surface area (Å²) in [5.74, 6) is 0.605. The molecule has 1 aliphatic heterocycles. The summed E-state index contributed by atoms with van der Waals surface area (Å²) in [5.41, 5.74) is 1.52. The number of Topliss-reactive ketones (excluding diaryl/α,β-unsaturated/α-hetero) is 1. The van der Waals surface area contributed by atoms with Crippen LogP contribution in [0.15, 0.2) is 36.6 Å². The fraction of sp³-hybridized carbons (Fsp3) is 0.286. The Balaban J connectivity index is 2.29. The van der Waals surface area contributed by atoms with E-state index < -0.39 is 0 Å². The fourth-order valence-corrected chi connectivity index (χ4v) is 2.07. The molecule has 2 rings (SSSR count). The van der Waals surface area contributed by atoms with E-state index in [9.17, 15) is 4.79 Å². The van der Waals surface area contributed by atoms with Gasteiger partial charge in [-0.25, -0.2) is 0 Å². The van der Waals surface area contributed by atoms with Crippen molar-refractivity contribution < 1.29 is 9.53 Å². The number of carbonyl (C=O) groups is 1. The summed E-state index contributed by atoms with van der Waals surface area (Å²) in [4.78, 5) is 11.5. The lowest BCUT2D eigenvalue weighted by atomic mass is 9.91. The van der Waals surface area contributed by atoms with Crippen LogP contribution in [0.25, 0.3) is 0 Å². The van der Waals surface area contributed by atoms with Gasteiger partial charge in [0.2, 0.25) is 0 Å². The van der Waals surface area contributed by atoms with Crippen LogP contribution in [0.1, 0.15) is 30.6 Å². The van der Waals surface area contributed by atoms with Crippen LogP contribution in [0, 0.1) is 17.2 Å². The first-order valence-corrected chi connectivity index (χ1v) is 5.46. The van der Waals surface area contributed by atoms with Gasteiger partial charge < -0.3 is 4.74 Å². The van der Waals surface area contributed by atoms with Crippen molar-refractivity contribution in [2.24, 2.45) is 5.92 Å². The van der Waals surface area contributed by atoms with E-state index in [0.29, 0.717) is 17.7 Å². The van der Waals surface area contributed by atoms with Crippen molar-refractivity contribution in [3.8, 4) is 6.07 Å². The highest BCUT2D eigenvalue weighted by Gasteiger charge is 2.35. The zero-order chi connectivity index (χ0) is 12.4. The SMILES string of the molecule is C=C1C[C@H](C(C)=O)C(c2ccc(C#N)cc2)O1. The zero-order valence-corrected chi connectivity index (χ0v) is 9.64. The molecule has 0 bridgehead atoms. The summed E-state index contributed by atoms with van der Waals surface area (Å²) in [6.07, 6.45) is 0.327. The maximum absolute atomic E-state index is 11.5. The third-order valence-electron chi connectivity index (χ3n) is 3.00. The summed E-state index contributed by atoms with van der Waals surface area (Å²) in [7, 11) is 0. The minimum Gasteiger partial charge on any atom is -0.490 e. The molecule has 1 aromatic carbocycles. The number of allylic oxidation sites excluding steroid dienone is 1. The van der Waals surface area contributed by atoms with E-state index in [0.717, 1.165) is 5.56 Å². The number of ketones is 1. The Kier molecular flexibility index (Phi) is 2.97. The number of hydrogen-bond acceptors (Lipinski definition) is 3. The van der Waals surface area contributed by atoms with Gasteiger partial charge in [-0.05, 0) is 24.6 Å². The molecule has 1 unspecified atom stereocenters. The van der Waals surface area contributed by atoms with Crippen LogP contribution in [-0.4, -0.2) is 5.78 Å². The van der Waals surface area contributed by atoms with Crippen LogP contribution >= 0.6 is 0 Å². The van der Waals surface area contributed by atoms with Gasteiger partial charge >= 0.3 is 0 Å². The Labute approximate surface area is 100 Å². The Hall–Kier alpha value is -2.08. The van der Waals surface area contributed by atoms with Gasteiger partial charge in [0.05, 0.1) is 23.3 Å². The number of nitriles is 1. The van der Waals surface area contributed by atoms with Gasteiger partial charge in [-0.1, -0.05) is 18.7 Å². The molecule has 1 heterocycles. The van der Waals surface area contributed by atoms with Gasteiger partial charge in [0.15, 0.2) is 0 Å². The molecule has 0 aliphatic carbocycles. The maximum atomic E-state index is 11.5. The first-order valence-electron chi connectivity index (χ1n) is 5.46. The molecule has 3 nitrogen and oxygen atoms in total. The number of carbonyl (C=O) groups excluding carboxylic acids is 1. The third-order valence-corrected chi connectivity index (χ3v) is 3.00. The van der Waals surface area contributed by atoms with E-state index >= 15 is 0 Å². The Morgan fingerprint density at radius 2 is 2.12 bits per heavy atom. The molecule has 0 saturated carbocycles. The van der Waals surface area contributed by atoms with E-state index in [-0.39, 0.29) is 17.8 Å². The first kappa shape index (κ1) is 11.4. The lowest BCUT2D eigenvalue weighted by molar-refractivity contribution is -0.122. The molecule has 1 saturated heterocycles. The first-order chi connectivity index (χ1) is 8.11. The molecule has 86 valence electrons. The van der Waals surface area contributed by atoms with Crippen LogP contribution in [0.2, 0.25) is 0 Å². The molecule has 3 heteroatoms. The molecule has 0 N–H and O–H groups in total. The van der Waals surface area contributed by atoms with Crippen molar-refractivity contribution in [1.29, 1.82) is 5.26 Å². The van der Waals surface area contributed by atoms with E-state index in [1.54, 1.807) is 19.1 Å². The molecule has 0 radical (unpaired) electrons. The van der Waals surface area contributed by atoms with Gasteiger partial charge in [0.1, 0.15) is 11.9 Å². The Morgan fingerprint density at radius 3 is 2.65 bits per heavy atom. The topological polar surface area (TPSA) is 50.1 Å². The van der Waals surface area contributed by atoms with Crippen molar-refractivity contribution in [3.05, 3.63) is 47.7 Å². The van der Waals surface area contributed by atoms with Crippen molar-refractivity contribution in [3.63, 3.8) is 0 Å². The van der Waals surface area contributed by atoms with E-state index in [1.807, 2.05) is 12.1 Å². The fourth-order valence-electron chi connectivity index (χ4n) is 2.07. The molecule has 2 atom stereocenters. The molecule has 0 spiro atoms. The predicted molar refractivity (Wildman–Crippen MR) is 62.9 cm³/mol. The number of ether oxygens (including phenoxy) is 1. The minimum absolute atomic E-state index is 0.109. The van der Waals surface area contributed by atoms with Crippen LogP contribution < -0.4 is 0 Å². The molecular formula is C14H13NO2. The molecule has 0 amide bonds. The van der Waals surface area contributed by atoms with Gasteiger partial charge in [-0.3, -0.25) is 4.79 Å². The van der Waals surface area contributed by atoms with Crippen molar-refractivity contribution >= 4 is 5.78 Å². The molecule has 1 aromatic rings. The van der Waals surface area contributed by atoms with E-state index in [4.69, 9.17) is 10.00 Å². The summed E-state index contributed by atoms with van der Waals surface area (Å²) in [5, 5.41) is 8.73. The predicted octanol–water partition coefficient (Wildman–Crippen LogP) is 2.74. The second kappa shape index (κ2) is 4.42. The van der Waals surface area contributed by atoms with Crippen LogP contribution in [-0.2, 0) is 9.53 Å². The third kappa shape index (κ3) is 2.21. The maximum Gasteiger partial charge on any atom is 0.137 e. The molecule has 1 fully saturated rings. The quantitative estimate of drug-likeness (QED) is 0.780. The van der Waals surface area contributed by atoms with Gasteiger partial charge in [-0.15, -0.1) is 0 Å². The van der Waals surface area contributed by atoms with Crippen LogP contribution in [0.3, 0.4) is 0 Å². The average Bonchev–Trinajstić information content (AvgIpc) is 2.72. The highest BCUT2D eigenvalue weighted by molar-refractivity contribution is 5.79. The van der Waals surface area contributed by atoms with Crippen molar-refractivity contribution in [1.82, 2.24) is 0 Å². The molecule has 1 aliphatic rings. The number of benzene rings is 1. The lowest BCUT2D eigenvalue weighted by Gasteiger charge is -2.16. The highest BCUT2D eigenvalue weighted by Crippen LogP contribution is 2.39. The van der Waals surface area contributed by atoms with Gasteiger partial charge in [0.25, 0.3) is 0 Å². The number of hydrogen-bond donors (Lipinski definition) is 0. The summed E-state index contributed by atoms with van der Waals surface area (Å²) < 4.78 is 5.60. The summed E-state index contributed by atoms with van der Waals surface area (Å²) in [6, 6.07) is 9.19. The highest BCUT2D eigenvalue weighted by atomic mass is 16.5. The Bertz CT molecular complexity index is 496. The van der Waals surface area contributed by atoms with Crippen molar-refractivity contribution in [2.75, 3.05) is 0 Å². The second-order valence-electron chi connectivity index (χ2n) is 4.23. The zero-order valence-electron chi connectivity index (χ0n) is 9.64. The van der Waals surface area contributed by atoms with E-state index in [2.05, 4.69) is 12.6 Å². The van der Waals surface area contributed by atoms with Crippen LogP contribution in [0.4, 0.5) is 0 Å². The number of nitrogens with zero attached hydrogens (tertiary/aromatic N) is 1. The lowest BCUT2D eigenvalue weighted by Crippen LogP contribution is -2.15.